The average Bonchev–Trinajstić information content (AvgIpc) is 2.64. The molecule has 0 unspecified atom stereocenters. The fourth-order valence-corrected chi connectivity index (χ4v) is 2.98. The van der Waals surface area contributed by atoms with Crippen LogP contribution in [0.5, 0.6) is 5.75 Å². The van der Waals surface area contributed by atoms with Gasteiger partial charge in [0.15, 0.2) is 0 Å². The van der Waals surface area contributed by atoms with Gasteiger partial charge in [-0.1, -0.05) is 30.3 Å². The average molecular weight is 342 g/mol. The first-order valence-electron chi connectivity index (χ1n) is 8.60. The van der Waals surface area contributed by atoms with Crippen LogP contribution in [0.15, 0.2) is 48.5 Å². The minimum Gasteiger partial charge on any atom is -0.492 e. The molecule has 1 aliphatic rings. The van der Waals surface area contributed by atoms with Crippen molar-refractivity contribution in [1.82, 2.24) is 9.80 Å². The van der Waals surface area contributed by atoms with Crippen molar-refractivity contribution in [2.24, 2.45) is 0 Å². The van der Waals surface area contributed by atoms with Gasteiger partial charge in [0.25, 0.3) is 5.91 Å². The van der Waals surface area contributed by atoms with Gasteiger partial charge in [-0.3, -0.25) is 9.69 Å². The number of piperazine rings is 1. The van der Waals surface area contributed by atoms with Gasteiger partial charge in [-0.05, 0) is 30.7 Å². The lowest BCUT2D eigenvalue weighted by Crippen LogP contribution is -2.49. The Morgan fingerprint density at radius 2 is 1.72 bits per heavy atom. The highest BCUT2D eigenvalue weighted by molar-refractivity contribution is 5.94. The van der Waals surface area contributed by atoms with Crippen LogP contribution in [0.1, 0.15) is 15.9 Å². The van der Waals surface area contributed by atoms with E-state index in [1.165, 1.54) is 6.07 Å². The molecule has 0 saturated carbocycles. The van der Waals surface area contributed by atoms with Crippen LogP contribution in [0.2, 0.25) is 0 Å². The van der Waals surface area contributed by atoms with Crippen molar-refractivity contribution in [3.8, 4) is 5.75 Å². The number of para-hydroxylation sites is 1. The minimum atomic E-state index is -0.457. The van der Waals surface area contributed by atoms with Crippen LogP contribution < -0.4 is 4.74 Å². The summed E-state index contributed by atoms with van der Waals surface area (Å²) in [6.07, 6.45) is 0. The van der Waals surface area contributed by atoms with Gasteiger partial charge < -0.3 is 9.64 Å². The van der Waals surface area contributed by atoms with Crippen LogP contribution in [0.4, 0.5) is 4.39 Å². The predicted molar refractivity (Wildman–Crippen MR) is 95.4 cm³/mol. The summed E-state index contributed by atoms with van der Waals surface area (Å²) in [6.45, 7) is 6.23. The van der Waals surface area contributed by atoms with Gasteiger partial charge in [-0.2, -0.15) is 0 Å². The first kappa shape index (κ1) is 17.4. The lowest BCUT2D eigenvalue weighted by atomic mass is 10.1. The van der Waals surface area contributed by atoms with Crippen molar-refractivity contribution in [3.63, 3.8) is 0 Å². The zero-order valence-corrected chi connectivity index (χ0v) is 14.5. The van der Waals surface area contributed by atoms with Crippen LogP contribution in [-0.2, 0) is 0 Å². The third-order valence-corrected chi connectivity index (χ3v) is 4.52. The Bertz CT molecular complexity index is 727. The molecule has 1 saturated heterocycles. The molecule has 0 aliphatic carbocycles. The number of hydrogen-bond donors (Lipinski definition) is 0. The Labute approximate surface area is 147 Å². The van der Waals surface area contributed by atoms with Gasteiger partial charge >= 0.3 is 0 Å². The Morgan fingerprint density at radius 3 is 2.44 bits per heavy atom. The lowest BCUT2D eigenvalue weighted by molar-refractivity contribution is 0.0615. The Morgan fingerprint density at radius 1 is 1.04 bits per heavy atom. The standard InChI is InChI=1S/C20H23FN2O2/c1-16-6-2-5-9-19(16)25-15-14-22-10-12-23(13-11-22)20(24)17-7-3-4-8-18(17)21/h2-9H,10-15H2,1H3. The lowest BCUT2D eigenvalue weighted by Gasteiger charge is -2.34. The van der Waals surface area contributed by atoms with E-state index in [9.17, 15) is 9.18 Å². The molecule has 0 bridgehead atoms. The van der Waals surface area contributed by atoms with Crippen molar-refractivity contribution >= 4 is 5.91 Å². The number of amides is 1. The zero-order chi connectivity index (χ0) is 17.6. The SMILES string of the molecule is Cc1ccccc1OCCN1CCN(C(=O)c2ccccc2F)CC1. The van der Waals surface area contributed by atoms with Crippen molar-refractivity contribution < 1.29 is 13.9 Å². The van der Waals surface area contributed by atoms with Gasteiger partial charge in [-0.15, -0.1) is 0 Å². The van der Waals surface area contributed by atoms with E-state index in [0.717, 1.165) is 30.9 Å². The van der Waals surface area contributed by atoms with Gasteiger partial charge in [0.2, 0.25) is 0 Å². The normalized spacial score (nSPS) is 15.2. The molecule has 3 rings (SSSR count). The van der Waals surface area contributed by atoms with Crippen LogP contribution in [0.3, 0.4) is 0 Å². The fraction of sp³-hybridized carbons (Fsp3) is 0.350. The smallest absolute Gasteiger partial charge is 0.256 e. The second-order valence-electron chi connectivity index (χ2n) is 6.23. The number of carbonyl (C=O) groups excluding carboxylic acids is 1. The first-order valence-corrected chi connectivity index (χ1v) is 8.60. The van der Waals surface area contributed by atoms with Crippen LogP contribution >= 0.6 is 0 Å². The number of nitrogens with zero attached hydrogens (tertiary/aromatic N) is 2. The second kappa shape index (κ2) is 8.12. The molecular weight excluding hydrogens is 319 g/mol. The van der Waals surface area contributed by atoms with Crippen molar-refractivity contribution in [1.29, 1.82) is 0 Å². The number of ether oxygens (including phenoxy) is 1. The molecular formula is C20H23FN2O2. The van der Waals surface area contributed by atoms with E-state index in [1.807, 2.05) is 31.2 Å². The molecule has 2 aromatic carbocycles. The van der Waals surface area contributed by atoms with Gasteiger partial charge in [0.05, 0.1) is 5.56 Å². The number of rotatable bonds is 5. The van der Waals surface area contributed by atoms with Crippen molar-refractivity contribution in [3.05, 3.63) is 65.5 Å². The molecule has 1 amide bonds. The monoisotopic (exact) mass is 342 g/mol. The van der Waals surface area contributed by atoms with E-state index in [4.69, 9.17) is 4.74 Å². The maximum absolute atomic E-state index is 13.8. The molecule has 0 aromatic heterocycles. The third kappa shape index (κ3) is 4.37. The highest BCUT2D eigenvalue weighted by atomic mass is 19.1. The van der Waals surface area contributed by atoms with Gasteiger partial charge in [0, 0.05) is 32.7 Å². The Hall–Kier alpha value is -2.40. The van der Waals surface area contributed by atoms with Crippen molar-refractivity contribution in [2.75, 3.05) is 39.3 Å². The summed E-state index contributed by atoms with van der Waals surface area (Å²) in [5.41, 5.74) is 1.28. The van der Waals surface area contributed by atoms with Crippen LogP contribution in [-0.4, -0.2) is 55.0 Å². The number of aryl methyl sites for hydroxylation is 1. The van der Waals surface area contributed by atoms with E-state index in [1.54, 1.807) is 23.1 Å². The largest absolute Gasteiger partial charge is 0.492 e. The molecule has 0 N–H and O–H groups in total. The highest BCUT2D eigenvalue weighted by Crippen LogP contribution is 2.16. The van der Waals surface area contributed by atoms with Crippen molar-refractivity contribution in [2.45, 2.75) is 6.92 Å². The molecule has 5 heteroatoms. The molecule has 0 atom stereocenters. The number of halogens is 1. The Kier molecular flexibility index (Phi) is 5.66. The molecule has 2 aromatic rings. The summed E-state index contributed by atoms with van der Waals surface area (Å²) in [4.78, 5) is 16.4. The number of carbonyl (C=O) groups is 1. The van der Waals surface area contributed by atoms with Gasteiger partial charge in [-0.25, -0.2) is 4.39 Å². The van der Waals surface area contributed by atoms with E-state index in [-0.39, 0.29) is 11.5 Å². The van der Waals surface area contributed by atoms with Gasteiger partial charge in [0.1, 0.15) is 18.2 Å². The minimum absolute atomic E-state index is 0.152. The summed E-state index contributed by atoms with van der Waals surface area (Å²) < 4.78 is 19.6. The third-order valence-electron chi connectivity index (χ3n) is 4.52. The number of benzene rings is 2. The van der Waals surface area contributed by atoms with E-state index in [2.05, 4.69) is 4.90 Å². The summed E-state index contributed by atoms with van der Waals surface area (Å²) >= 11 is 0. The molecule has 1 aliphatic heterocycles. The molecule has 4 nitrogen and oxygen atoms in total. The summed E-state index contributed by atoms with van der Waals surface area (Å²) in [5.74, 6) is 0.228. The molecule has 0 spiro atoms. The predicted octanol–water partition coefficient (Wildman–Crippen LogP) is 2.97. The second-order valence-corrected chi connectivity index (χ2v) is 6.23. The van der Waals surface area contributed by atoms with E-state index >= 15 is 0 Å². The molecule has 132 valence electrons. The Balaban J connectivity index is 1.45. The maximum Gasteiger partial charge on any atom is 0.256 e. The summed E-state index contributed by atoms with van der Waals surface area (Å²) in [7, 11) is 0. The van der Waals surface area contributed by atoms with E-state index in [0.29, 0.717) is 19.7 Å². The molecule has 1 heterocycles. The quantitative estimate of drug-likeness (QED) is 0.837. The molecule has 1 fully saturated rings. The topological polar surface area (TPSA) is 32.8 Å². The van der Waals surface area contributed by atoms with Crippen LogP contribution in [0.25, 0.3) is 0 Å². The summed E-state index contributed by atoms with van der Waals surface area (Å²) in [6, 6.07) is 14.1. The van der Waals surface area contributed by atoms with E-state index < -0.39 is 5.82 Å². The maximum atomic E-state index is 13.8. The summed E-state index contributed by atoms with van der Waals surface area (Å²) in [5, 5.41) is 0. The fourth-order valence-electron chi connectivity index (χ4n) is 2.98. The highest BCUT2D eigenvalue weighted by Gasteiger charge is 2.23. The first-order chi connectivity index (χ1) is 12.1. The zero-order valence-electron chi connectivity index (χ0n) is 14.5. The molecule has 0 radical (unpaired) electrons. The van der Waals surface area contributed by atoms with Crippen LogP contribution in [0, 0.1) is 12.7 Å². The number of hydrogen-bond acceptors (Lipinski definition) is 3. The molecule has 25 heavy (non-hydrogen) atoms.